The first-order valence-corrected chi connectivity index (χ1v) is 12.3. The molecule has 0 atom stereocenters. The highest BCUT2D eigenvalue weighted by Gasteiger charge is 2.37. The number of nitrogens with zero attached hydrogens (tertiary/aromatic N) is 1. The van der Waals surface area contributed by atoms with Gasteiger partial charge in [0, 0.05) is 12.5 Å². The van der Waals surface area contributed by atoms with Crippen LogP contribution in [0.4, 0.5) is 11.4 Å². The lowest BCUT2D eigenvalue weighted by molar-refractivity contribution is -0.116. The Morgan fingerprint density at radius 1 is 1.00 bits per heavy atom. The van der Waals surface area contributed by atoms with Crippen LogP contribution >= 0.6 is 0 Å². The van der Waals surface area contributed by atoms with E-state index in [2.05, 4.69) is 4.72 Å². The molecule has 2 aliphatic heterocycles. The summed E-state index contributed by atoms with van der Waals surface area (Å²) in [5.74, 6) is 0.203. The van der Waals surface area contributed by atoms with Gasteiger partial charge in [-0.05, 0) is 49.2 Å². The summed E-state index contributed by atoms with van der Waals surface area (Å²) in [6.07, 6.45) is -0.0911. The molecule has 0 unspecified atom stereocenters. The number of hydrogen-bond donors (Lipinski definition) is 1. The predicted octanol–water partition coefficient (Wildman–Crippen LogP) is 1.94. The van der Waals surface area contributed by atoms with Crippen LogP contribution in [0.25, 0.3) is 0 Å². The van der Waals surface area contributed by atoms with Crippen molar-refractivity contribution in [3.8, 4) is 11.5 Å². The number of carbonyl (C=O) groups excluding carboxylic acids is 1. The van der Waals surface area contributed by atoms with Crippen molar-refractivity contribution in [2.24, 2.45) is 0 Å². The molecule has 11 heteroatoms. The van der Waals surface area contributed by atoms with E-state index in [1.54, 1.807) is 32.0 Å². The van der Waals surface area contributed by atoms with Gasteiger partial charge in [0.25, 0.3) is 10.0 Å². The molecular formula is C19H20N2O7S2. The number of aryl methyl sites for hydroxylation is 2. The molecule has 4 rings (SSSR count). The van der Waals surface area contributed by atoms with E-state index in [1.165, 1.54) is 12.1 Å². The average Bonchev–Trinajstić information content (AvgIpc) is 2.93. The molecule has 1 fully saturated rings. The first-order valence-electron chi connectivity index (χ1n) is 9.18. The van der Waals surface area contributed by atoms with E-state index in [4.69, 9.17) is 9.47 Å². The summed E-state index contributed by atoms with van der Waals surface area (Å²) in [6, 6.07) is 7.53. The number of hydrogen-bond acceptors (Lipinski definition) is 7. The van der Waals surface area contributed by atoms with E-state index >= 15 is 0 Å². The molecule has 2 aromatic carbocycles. The number of benzene rings is 2. The Kier molecular flexibility index (Phi) is 4.89. The molecule has 0 radical (unpaired) electrons. The summed E-state index contributed by atoms with van der Waals surface area (Å²) >= 11 is 0. The van der Waals surface area contributed by atoms with Crippen LogP contribution in [0, 0.1) is 13.8 Å². The Bertz CT molecular complexity index is 1230. The van der Waals surface area contributed by atoms with Crippen LogP contribution in [0.1, 0.15) is 17.5 Å². The van der Waals surface area contributed by atoms with Crippen molar-refractivity contribution < 1.29 is 31.1 Å². The molecule has 2 aliphatic rings. The molecule has 9 nitrogen and oxygen atoms in total. The third-order valence-corrected chi connectivity index (χ3v) is 8.20. The second-order valence-corrected chi connectivity index (χ2v) is 10.7. The highest BCUT2D eigenvalue weighted by atomic mass is 32.2. The largest absolute Gasteiger partial charge is 0.486 e. The fourth-order valence-electron chi connectivity index (χ4n) is 3.65. The monoisotopic (exact) mass is 452 g/mol. The van der Waals surface area contributed by atoms with Gasteiger partial charge in [0.1, 0.15) is 13.2 Å². The summed E-state index contributed by atoms with van der Waals surface area (Å²) < 4.78 is 64.7. The van der Waals surface area contributed by atoms with Crippen LogP contribution < -0.4 is 18.5 Å². The van der Waals surface area contributed by atoms with Gasteiger partial charge < -0.3 is 9.47 Å². The van der Waals surface area contributed by atoms with Crippen molar-refractivity contribution in [2.45, 2.75) is 25.2 Å². The van der Waals surface area contributed by atoms with E-state index in [0.29, 0.717) is 41.5 Å². The Morgan fingerprint density at radius 2 is 1.63 bits per heavy atom. The Morgan fingerprint density at radius 3 is 2.23 bits per heavy atom. The lowest BCUT2D eigenvalue weighted by Gasteiger charge is -2.21. The van der Waals surface area contributed by atoms with Gasteiger partial charge in [-0.15, -0.1) is 0 Å². The minimum Gasteiger partial charge on any atom is -0.486 e. The third kappa shape index (κ3) is 3.58. The fraction of sp³-hybridized carbons (Fsp3) is 0.316. The molecule has 0 saturated carbocycles. The first-order chi connectivity index (χ1) is 14.1. The topological polar surface area (TPSA) is 119 Å². The van der Waals surface area contributed by atoms with Gasteiger partial charge in [-0.2, -0.15) is 0 Å². The van der Waals surface area contributed by atoms with Crippen molar-refractivity contribution >= 4 is 37.3 Å². The van der Waals surface area contributed by atoms with Crippen molar-refractivity contribution in [1.29, 1.82) is 0 Å². The zero-order chi connectivity index (χ0) is 21.7. The van der Waals surface area contributed by atoms with Gasteiger partial charge in [0.05, 0.1) is 22.0 Å². The van der Waals surface area contributed by atoms with Crippen LogP contribution in [-0.4, -0.2) is 41.7 Å². The Hall–Kier alpha value is -2.79. The van der Waals surface area contributed by atoms with Crippen LogP contribution in [0.5, 0.6) is 11.5 Å². The molecule has 30 heavy (non-hydrogen) atoms. The molecule has 2 heterocycles. The Balaban J connectivity index is 1.69. The van der Waals surface area contributed by atoms with Crippen molar-refractivity contribution in [1.82, 2.24) is 0 Å². The van der Waals surface area contributed by atoms with Gasteiger partial charge in [0.15, 0.2) is 11.5 Å². The van der Waals surface area contributed by atoms with Gasteiger partial charge in [-0.25, -0.2) is 21.1 Å². The molecular weight excluding hydrogens is 432 g/mol. The lowest BCUT2D eigenvalue weighted by atomic mass is 10.1. The van der Waals surface area contributed by atoms with E-state index < -0.39 is 26.0 Å². The van der Waals surface area contributed by atoms with Crippen LogP contribution in [0.3, 0.4) is 0 Å². The molecule has 160 valence electrons. The summed E-state index contributed by atoms with van der Waals surface area (Å²) in [6.45, 7) is 3.92. The van der Waals surface area contributed by atoms with Gasteiger partial charge in [-0.3, -0.25) is 9.52 Å². The maximum Gasteiger partial charge on any atom is 0.262 e. The second-order valence-electron chi connectivity index (χ2n) is 7.10. The zero-order valence-electron chi connectivity index (χ0n) is 16.3. The molecule has 1 saturated heterocycles. The van der Waals surface area contributed by atoms with Gasteiger partial charge in [0.2, 0.25) is 15.9 Å². The lowest BCUT2D eigenvalue weighted by Crippen LogP contribution is -2.29. The Labute approximate surface area is 174 Å². The fourth-order valence-corrected chi connectivity index (χ4v) is 6.60. The standard InChI is InChI=1S/C19H20N2O7S2/c1-12-9-15(21-18(22)5-8-29(21,23)24)10-13(2)19(12)30(25,26)20-14-3-4-16-17(11-14)28-7-6-27-16/h3-4,9-11,20H,5-8H2,1-2H3. The second kappa shape index (κ2) is 7.17. The van der Waals surface area contributed by atoms with Crippen LogP contribution in [0.2, 0.25) is 0 Å². The minimum absolute atomic E-state index is 0.0187. The SMILES string of the molecule is Cc1cc(N2C(=O)CCS2(=O)=O)cc(C)c1S(=O)(=O)Nc1ccc2c(c1)OCCO2. The number of rotatable bonds is 4. The maximum absolute atomic E-state index is 13.1. The predicted molar refractivity (Wildman–Crippen MR) is 110 cm³/mol. The molecule has 2 aromatic rings. The molecule has 1 amide bonds. The molecule has 0 aliphatic carbocycles. The normalized spacial score (nSPS) is 17.8. The van der Waals surface area contributed by atoms with Gasteiger partial charge in [-0.1, -0.05) is 0 Å². The van der Waals surface area contributed by atoms with E-state index in [0.717, 1.165) is 4.31 Å². The molecule has 0 bridgehead atoms. The molecule has 1 N–H and O–H groups in total. The number of nitrogens with one attached hydrogen (secondary N) is 1. The summed E-state index contributed by atoms with van der Waals surface area (Å²) in [4.78, 5) is 12.1. The molecule has 0 aromatic heterocycles. The number of anilines is 2. The van der Waals surface area contributed by atoms with E-state index in [9.17, 15) is 21.6 Å². The first kappa shape index (κ1) is 20.5. The van der Waals surface area contributed by atoms with Crippen molar-refractivity contribution in [2.75, 3.05) is 28.0 Å². The van der Waals surface area contributed by atoms with Crippen LogP contribution in [-0.2, 0) is 24.8 Å². The average molecular weight is 453 g/mol. The summed E-state index contributed by atoms with van der Waals surface area (Å²) in [5.41, 5.74) is 1.10. The zero-order valence-corrected chi connectivity index (χ0v) is 18.0. The number of ether oxygens (including phenoxy) is 2. The highest BCUT2D eigenvalue weighted by molar-refractivity contribution is 7.94. The number of amides is 1. The van der Waals surface area contributed by atoms with Crippen molar-refractivity contribution in [3.05, 3.63) is 41.5 Å². The van der Waals surface area contributed by atoms with Crippen molar-refractivity contribution in [3.63, 3.8) is 0 Å². The summed E-state index contributed by atoms with van der Waals surface area (Å²) in [7, 11) is -7.72. The third-order valence-electron chi connectivity index (χ3n) is 4.82. The smallest absolute Gasteiger partial charge is 0.262 e. The van der Waals surface area contributed by atoms with Crippen LogP contribution in [0.15, 0.2) is 35.2 Å². The number of carbonyl (C=O) groups is 1. The minimum atomic E-state index is -3.98. The van der Waals surface area contributed by atoms with Gasteiger partial charge >= 0.3 is 0 Å². The van der Waals surface area contributed by atoms with E-state index in [-0.39, 0.29) is 22.8 Å². The van der Waals surface area contributed by atoms with E-state index in [1.807, 2.05) is 0 Å². The number of fused-ring (bicyclic) bond motifs is 1. The maximum atomic E-state index is 13.1. The summed E-state index contributed by atoms with van der Waals surface area (Å²) in [5, 5.41) is 0. The highest BCUT2D eigenvalue weighted by Crippen LogP contribution is 2.35. The number of sulfonamides is 2. The quantitative estimate of drug-likeness (QED) is 0.753. The molecule has 0 spiro atoms.